The fourth-order valence-electron chi connectivity index (χ4n) is 3.38. The van der Waals surface area contributed by atoms with Gasteiger partial charge in [0.25, 0.3) is 5.91 Å². The number of amides is 1. The van der Waals surface area contributed by atoms with Crippen LogP contribution in [0.25, 0.3) is 11.3 Å². The maximum atomic E-state index is 12.9. The average molecular weight is 336 g/mol. The van der Waals surface area contributed by atoms with Crippen LogP contribution in [0.4, 0.5) is 0 Å². The Morgan fingerprint density at radius 1 is 1.28 bits per heavy atom. The van der Waals surface area contributed by atoms with Crippen molar-refractivity contribution in [2.45, 2.75) is 32.4 Å². The molecule has 25 heavy (non-hydrogen) atoms. The molecule has 6 nitrogen and oxygen atoms in total. The number of hydrogen-bond donors (Lipinski definition) is 0. The molecular weight excluding hydrogens is 316 g/mol. The summed E-state index contributed by atoms with van der Waals surface area (Å²) in [6.45, 7) is 3.57. The average Bonchev–Trinajstić information content (AvgIpc) is 3.37. The van der Waals surface area contributed by atoms with E-state index in [1.54, 1.807) is 6.20 Å². The molecule has 128 valence electrons. The molecule has 1 saturated heterocycles. The Balaban J connectivity index is 1.49. The van der Waals surface area contributed by atoms with Gasteiger partial charge in [-0.05, 0) is 37.5 Å². The number of likely N-dealkylation sites (tertiary alicyclic amines) is 1. The van der Waals surface area contributed by atoms with E-state index in [1.165, 1.54) is 6.39 Å². The summed E-state index contributed by atoms with van der Waals surface area (Å²) < 4.78 is 7.22. The minimum atomic E-state index is 0.0792. The molecule has 1 aliphatic rings. The molecule has 1 amide bonds. The fourth-order valence-corrected chi connectivity index (χ4v) is 3.38. The second-order valence-corrected chi connectivity index (χ2v) is 6.48. The highest BCUT2D eigenvalue weighted by atomic mass is 16.3. The summed E-state index contributed by atoms with van der Waals surface area (Å²) in [4.78, 5) is 18.8. The number of hydrogen-bond acceptors (Lipinski definition) is 4. The van der Waals surface area contributed by atoms with Crippen LogP contribution in [-0.2, 0) is 6.54 Å². The maximum Gasteiger partial charge on any atom is 0.254 e. The lowest BCUT2D eigenvalue weighted by Crippen LogP contribution is -2.38. The van der Waals surface area contributed by atoms with Crippen LogP contribution in [0.3, 0.4) is 0 Å². The zero-order valence-corrected chi connectivity index (χ0v) is 14.1. The summed E-state index contributed by atoms with van der Waals surface area (Å²) in [7, 11) is 0. The van der Waals surface area contributed by atoms with Crippen molar-refractivity contribution in [2.24, 2.45) is 0 Å². The van der Waals surface area contributed by atoms with Gasteiger partial charge in [0.2, 0.25) is 0 Å². The molecular formula is C19H20N4O2. The van der Waals surface area contributed by atoms with E-state index < -0.39 is 0 Å². The highest BCUT2D eigenvalue weighted by molar-refractivity contribution is 5.95. The first-order chi connectivity index (χ1) is 12.2. The number of carbonyl (C=O) groups is 1. The number of benzene rings is 1. The Hall–Kier alpha value is -2.89. The van der Waals surface area contributed by atoms with Crippen LogP contribution in [0.2, 0.25) is 0 Å². The van der Waals surface area contributed by atoms with Gasteiger partial charge in [-0.25, -0.2) is 4.98 Å². The summed E-state index contributed by atoms with van der Waals surface area (Å²) in [5, 5.41) is 4.35. The Labute approximate surface area is 146 Å². The highest BCUT2D eigenvalue weighted by Crippen LogP contribution is 2.24. The molecule has 0 unspecified atom stereocenters. The van der Waals surface area contributed by atoms with Gasteiger partial charge in [0.1, 0.15) is 0 Å². The van der Waals surface area contributed by atoms with Crippen LogP contribution in [-0.4, -0.2) is 38.2 Å². The SMILES string of the molecule is Cc1cnn(C[C@H]2CCCN2C(=O)c2ccc(-c3cnco3)cc2)c1. The van der Waals surface area contributed by atoms with Crippen LogP contribution in [0, 0.1) is 6.92 Å². The van der Waals surface area contributed by atoms with E-state index in [4.69, 9.17) is 4.42 Å². The zero-order chi connectivity index (χ0) is 17.2. The maximum absolute atomic E-state index is 12.9. The van der Waals surface area contributed by atoms with Crippen molar-refractivity contribution in [1.29, 1.82) is 0 Å². The lowest BCUT2D eigenvalue weighted by molar-refractivity contribution is 0.0721. The number of nitrogens with zero attached hydrogens (tertiary/aromatic N) is 4. The minimum Gasteiger partial charge on any atom is -0.444 e. The van der Waals surface area contributed by atoms with E-state index in [0.29, 0.717) is 11.3 Å². The van der Waals surface area contributed by atoms with E-state index in [9.17, 15) is 4.79 Å². The third-order valence-corrected chi connectivity index (χ3v) is 4.65. The predicted octanol–water partition coefficient (Wildman–Crippen LogP) is 3.15. The number of aromatic nitrogens is 3. The molecule has 1 fully saturated rings. The molecule has 0 aliphatic carbocycles. The van der Waals surface area contributed by atoms with Gasteiger partial charge in [0.15, 0.2) is 12.2 Å². The molecule has 1 atom stereocenters. The van der Waals surface area contributed by atoms with Gasteiger partial charge in [0, 0.05) is 23.9 Å². The van der Waals surface area contributed by atoms with Crippen molar-refractivity contribution in [3.05, 3.63) is 60.4 Å². The van der Waals surface area contributed by atoms with Crippen molar-refractivity contribution >= 4 is 5.91 Å². The lowest BCUT2D eigenvalue weighted by atomic mass is 10.1. The Kier molecular flexibility index (Phi) is 4.09. The van der Waals surface area contributed by atoms with Crippen LogP contribution in [0.5, 0.6) is 0 Å². The van der Waals surface area contributed by atoms with Crippen LogP contribution < -0.4 is 0 Å². The molecule has 1 aliphatic heterocycles. The van der Waals surface area contributed by atoms with Gasteiger partial charge in [-0.2, -0.15) is 5.10 Å². The first kappa shape index (κ1) is 15.6. The second kappa shape index (κ2) is 6.55. The van der Waals surface area contributed by atoms with Crippen molar-refractivity contribution in [2.75, 3.05) is 6.54 Å². The summed E-state index contributed by atoms with van der Waals surface area (Å²) in [6.07, 6.45) is 8.99. The van der Waals surface area contributed by atoms with E-state index in [-0.39, 0.29) is 11.9 Å². The van der Waals surface area contributed by atoms with Crippen LogP contribution in [0.1, 0.15) is 28.8 Å². The molecule has 2 aromatic heterocycles. The number of rotatable bonds is 4. The van der Waals surface area contributed by atoms with Crippen molar-refractivity contribution < 1.29 is 9.21 Å². The predicted molar refractivity (Wildman–Crippen MR) is 93.0 cm³/mol. The van der Waals surface area contributed by atoms with Gasteiger partial charge in [-0.15, -0.1) is 0 Å². The molecule has 0 bridgehead atoms. The Morgan fingerprint density at radius 2 is 2.12 bits per heavy atom. The molecule has 3 heterocycles. The third kappa shape index (κ3) is 3.20. The van der Waals surface area contributed by atoms with Gasteiger partial charge in [-0.3, -0.25) is 9.48 Å². The van der Waals surface area contributed by atoms with E-state index in [1.807, 2.05) is 53.2 Å². The van der Waals surface area contributed by atoms with Crippen molar-refractivity contribution in [1.82, 2.24) is 19.7 Å². The number of oxazole rings is 1. The molecule has 1 aromatic carbocycles. The first-order valence-corrected chi connectivity index (χ1v) is 8.49. The summed E-state index contributed by atoms with van der Waals surface area (Å²) in [6, 6.07) is 7.70. The van der Waals surface area contributed by atoms with E-state index in [2.05, 4.69) is 10.1 Å². The zero-order valence-electron chi connectivity index (χ0n) is 14.1. The van der Waals surface area contributed by atoms with Crippen LogP contribution in [0.15, 0.2) is 53.7 Å². The monoisotopic (exact) mass is 336 g/mol. The van der Waals surface area contributed by atoms with Crippen molar-refractivity contribution in [3.63, 3.8) is 0 Å². The normalized spacial score (nSPS) is 17.2. The largest absolute Gasteiger partial charge is 0.444 e. The standard InChI is InChI=1S/C19H20N4O2/c1-14-9-21-22(11-14)12-17-3-2-8-23(17)19(24)16-6-4-15(5-7-16)18-10-20-13-25-18/h4-7,9-11,13,17H,2-3,8,12H2,1H3/t17-/m1/s1. The Morgan fingerprint density at radius 3 is 2.80 bits per heavy atom. The Bertz CT molecular complexity index is 852. The number of aryl methyl sites for hydroxylation is 1. The number of carbonyl (C=O) groups excluding carboxylic acids is 1. The van der Waals surface area contributed by atoms with Gasteiger partial charge in [-0.1, -0.05) is 12.1 Å². The molecule has 4 rings (SSSR count). The van der Waals surface area contributed by atoms with Gasteiger partial charge in [0.05, 0.1) is 25.0 Å². The van der Waals surface area contributed by atoms with Crippen molar-refractivity contribution in [3.8, 4) is 11.3 Å². The summed E-state index contributed by atoms with van der Waals surface area (Å²) in [5.41, 5.74) is 2.75. The van der Waals surface area contributed by atoms with E-state index in [0.717, 1.165) is 37.1 Å². The summed E-state index contributed by atoms with van der Waals surface area (Å²) in [5.74, 6) is 0.780. The molecule has 0 radical (unpaired) electrons. The smallest absolute Gasteiger partial charge is 0.254 e. The molecule has 3 aromatic rings. The van der Waals surface area contributed by atoms with Gasteiger partial charge < -0.3 is 9.32 Å². The third-order valence-electron chi connectivity index (χ3n) is 4.65. The topological polar surface area (TPSA) is 64.2 Å². The molecule has 0 saturated carbocycles. The van der Waals surface area contributed by atoms with E-state index >= 15 is 0 Å². The summed E-state index contributed by atoms with van der Waals surface area (Å²) >= 11 is 0. The fraction of sp³-hybridized carbons (Fsp3) is 0.316. The minimum absolute atomic E-state index is 0.0792. The first-order valence-electron chi connectivity index (χ1n) is 8.49. The van der Waals surface area contributed by atoms with Crippen LogP contribution >= 0.6 is 0 Å². The molecule has 6 heteroatoms. The molecule has 0 N–H and O–H groups in total. The van der Waals surface area contributed by atoms with Gasteiger partial charge >= 0.3 is 0 Å². The second-order valence-electron chi connectivity index (χ2n) is 6.48. The quantitative estimate of drug-likeness (QED) is 0.734. The highest BCUT2D eigenvalue weighted by Gasteiger charge is 2.29. The lowest BCUT2D eigenvalue weighted by Gasteiger charge is -2.25. The molecule has 0 spiro atoms.